The van der Waals surface area contributed by atoms with Gasteiger partial charge < -0.3 is 10.6 Å². The van der Waals surface area contributed by atoms with Gasteiger partial charge in [0.1, 0.15) is 0 Å². The predicted octanol–water partition coefficient (Wildman–Crippen LogP) is 2.88. The van der Waals surface area contributed by atoms with Crippen LogP contribution in [0.15, 0.2) is 89.8 Å². The third-order valence-corrected chi connectivity index (χ3v) is 7.47. The van der Waals surface area contributed by atoms with Gasteiger partial charge in [0.2, 0.25) is 15.9 Å². The molecule has 1 heterocycles. The molecule has 0 aliphatic carbocycles. The molecule has 1 saturated heterocycles. The SMILES string of the molecule is O=C(CN1CCN(S(=O)(=O)c2ccccc2)CC1)Nc1ccccc1C(=O)Nc1ccccc1. The Morgan fingerprint density at radius 2 is 1.32 bits per heavy atom. The highest BCUT2D eigenvalue weighted by molar-refractivity contribution is 7.89. The zero-order valence-electron chi connectivity index (χ0n) is 18.6. The third-order valence-electron chi connectivity index (χ3n) is 5.56. The van der Waals surface area contributed by atoms with E-state index in [4.69, 9.17) is 0 Å². The third kappa shape index (κ3) is 5.69. The van der Waals surface area contributed by atoms with Gasteiger partial charge in [-0.2, -0.15) is 4.31 Å². The van der Waals surface area contributed by atoms with Crippen molar-refractivity contribution in [1.29, 1.82) is 0 Å². The first-order valence-electron chi connectivity index (χ1n) is 11.0. The fourth-order valence-electron chi connectivity index (χ4n) is 3.77. The Morgan fingerprint density at radius 1 is 0.735 bits per heavy atom. The Bertz CT molecular complexity index is 1240. The number of carbonyl (C=O) groups excluding carboxylic acids is 2. The molecule has 9 heteroatoms. The number of nitrogens with zero attached hydrogens (tertiary/aromatic N) is 2. The Kier molecular flexibility index (Phi) is 7.36. The molecule has 0 unspecified atom stereocenters. The van der Waals surface area contributed by atoms with Crippen LogP contribution in [0.1, 0.15) is 10.4 Å². The molecule has 3 aromatic carbocycles. The molecule has 4 rings (SSSR count). The van der Waals surface area contributed by atoms with Gasteiger partial charge in [0.15, 0.2) is 0 Å². The number of amides is 2. The zero-order chi connectivity index (χ0) is 24.0. The molecule has 0 spiro atoms. The van der Waals surface area contributed by atoms with Crippen LogP contribution in [0.3, 0.4) is 0 Å². The van der Waals surface area contributed by atoms with Crippen molar-refractivity contribution in [1.82, 2.24) is 9.21 Å². The molecule has 0 saturated carbocycles. The van der Waals surface area contributed by atoms with Crippen LogP contribution >= 0.6 is 0 Å². The molecular formula is C25H26N4O4S. The summed E-state index contributed by atoms with van der Waals surface area (Å²) in [6.45, 7) is 1.60. The lowest BCUT2D eigenvalue weighted by Crippen LogP contribution is -2.50. The maximum Gasteiger partial charge on any atom is 0.257 e. The van der Waals surface area contributed by atoms with Crippen molar-refractivity contribution in [2.75, 3.05) is 43.4 Å². The van der Waals surface area contributed by atoms with E-state index in [1.165, 1.54) is 4.31 Å². The van der Waals surface area contributed by atoms with Crippen LogP contribution in [0.5, 0.6) is 0 Å². The van der Waals surface area contributed by atoms with Crippen molar-refractivity contribution in [3.05, 3.63) is 90.5 Å². The van der Waals surface area contributed by atoms with E-state index in [2.05, 4.69) is 10.6 Å². The number of nitrogens with one attached hydrogen (secondary N) is 2. The summed E-state index contributed by atoms with van der Waals surface area (Å²) in [5, 5.41) is 5.64. The first-order chi connectivity index (χ1) is 16.4. The van der Waals surface area contributed by atoms with Crippen LogP contribution < -0.4 is 10.6 Å². The van der Waals surface area contributed by atoms with Crippen molar-refractivity contribution >= 4 is 33.2 Å². The van der Waals surface area contributed by atoms with E-state index >= 15 is 0 Å². The van der Waals surface area contributed by atoms with Crippen LogP contribution in [0.2, 0.25) is 0 Å². The molecule has 2 N–H and O–H groups in total. The van der Waals surface area contributed by atoms with E-state index in [-0.39, 0.29) is 23.3 Å². The first-order valence-corrected chi connectivity index (χ1v) is 12.4. The van der Waals surface area contributed by atoms with Crippen molar-refractivity contribution in [3.63, 3.8) is 0 Å². The Labute approximate surface area is 199 Å². The second-order valence-electron chi connectivity index (χ2n) is 7.91. The fourth-order valence-corrected chi connectivity index (χ4v) is 5.22. The topological polar surface area (TPSA) is 98.8 Å². The number of anilines is 2. The standard InChI is InChI=1S/C25H26N4O4S/c30-24(19-28-15-17-29(18-16-28)34(32,33)21-11-5-2-6-12-21)27-23-14-8-7-13-22(23)25(31)26-20-9-3-1-4-10-20/h1-14H,15-19H2,(H,26,31)(H,27,30). The summed E-state index contributed by atoms with van der Waals surface area (Å²) < 4.78 is 27.0. The van der Waals surface area contributed by atoms with Crippen molar-refractivity contribution in [3.8, 4) is 0 Å². The summed E-state index contributed by atoms with van der Waals surface area (Å²) in [7, 11) is -3.54. The van der Waals surface area contributed by atoms with Gasteiger partial charge in [-0.25, -0.2) is 8.42 Å². The van der Waals surface area contributed by atoms with E-state index in [1.807, 2.05) is 23.1 Å². The molecule has 1 fully saturated rings. The zero-order valence-corrected chi connectivity index (χ0v) is 19.4. The largest absolute Gasteiger partial charge is 0.324 e. The molecule has 3 aromatic rings. The molecule has 2 amide bonds. The summed E-state index contributed by atoms with van der Waals surface area (Å²) in [5.41, 5.74) is 1.45. The Morgan fingerprint density at radius 3 is 2.00 bits per heavy atom. The van der Waals surface area contributed by atoms with Gasteiger partial charge in [0.25, 0.3) is 5.91 Å². The highest BCUT2D eigenvalue weighted by Gasteiger charge is 2.29. The van der Waals surface area contributed by atoms with E-state index in [0.29, 0.717) is 43.1 Å². The highest BCUT2D eigenvalue weighted by atomic mass is 32.2. The summed E-state index contributed by atoms with van der Waals surface area (Å²) in [5.74, 6) is -0.582. The number of para-hydroxylation sites is 2. The van der Waals surface area contributed by atoms with Gasteiger partial charge in [-0.15, -0.1) is 0 Å². The molecule has 0 aromatic heterocycles. The fraction of sp³-hybridized carbons (Fsp3) is 0.200. The predicted molar refractivity (Wildman–Crippen MR) is 131 cm³/mol. The highest BCUT2D eigenvalue weighted by Crippen LogP contribution is 2.19. The number of benzene rings is 3. The van der Waals surface area contributed by atoms with E-state index in [1.54, 1.807) is 66.7 Å². The Hall–Kier alpha value is -3.53. The monoisotopic (exact) mass is 478 g/mol. The summed E-state index contributed by atoms with van der Waals surface area (Å²) in [6, 6.07) is 24.3. The van der Waals surface area contributed by atoms with E-state index < -0.39 is 10.0 Å². The second-order valence-corrected chi connectivity index (χ2v) is 9.85. The molecule has 1 aliphatic heterocycles. The maximum absolute atomic E-state index is 12.8. The van der Waals surface area contributed by atoms with Crippen LogP contribution in [0, 0.1) is 0 Å². The molecule has 0 atom stereocenters. The number of rotatable bonds is 7. The quantitative estimate of drug-likeness (QED) is 0.544. The average Bonchev–Trinajstić information content (AvgIpc) is 2.86. The van der Waals surface area contributed by atoms with Gasteiger partial charge in [0, 0.05) is 31.9 Å². The van der Waals surface area contributed by atoms with Gasteiger partial charge >= 0.3 is 0 Å². The number of hydrogen-bond donors (Lipinski definition) is 2. The lowest BCUT2D eigenvalue weighted by atomic mass is 10.1. The van der Waals surface area contributed by atoms with Crippen LogP contribution in [0.4, 0.5) is 11.4 Å². The second kappa shape index (κ2) is 10.6. The summed E-state index contributed by atoms with van der Waals surface area (Å²) in [6.07, 6.45) is 0. The van der Waals surface area contributed by atoms with Crippen molar-refractivity contribution in [2.45, 2.75) is 4.90 Å². The van der Waals surface area contributed by atoms with Crippen LogP contribution in [-0.4, -0.2) is 62.2 Å². The molecule has 0 bridgehead atoms. The normalized spacial score (nSPS) is 14.9. The molecular weight excluding hydrogens is 452 g/mol. The minimum absolute atomic E-state index is 0.105. The molecule has 8 nitrogen and oxygen atoms in total. The number of sulfonamides is 1. The summed E-state index contributed by atoms with van der Waals surface area (Å²) in [4.78, 5) is 27.6. The molecule has 176 valence electrons. The van der Waals surface area contributed by atoms with E-state index in [9.17, 15) is 18.0 Å². The lowest BCUT2D eigenvalue weighted by Gasteiger charge is -2.33. The minimum atomic E-state index is -3.54. The van der Waals surface area contributed by atoms with Crippen molar-refractivity contribution in [2.24, 2.45) is 0 Å². The molecule has 34 heavy (non-hydrogen) atoms. The van der Waals surface area contributed by atoms with Gasteiger partial charge in [0.05, 0.1) is 22.7 Å². The van der Waals surface area contributed by atoms with Gasteiger partial charge in [-0.1, -0.05) is 48.5 Å². The molecule has 1 aliphatic rings. The number of piperazine rings is 1. The minimum Gasteiger partial charge on any atom is -0.324 e. The first kappa shape index (κ1) is 23.6. The smallest absolute Gasteiger partial charge is 0.257 e. The van der Waals surface area contributed by atoms with E-state index in [0.717, 1.165) is 0 Å². The van der Waals surface area contributed by atoms with Gasteiger partial charge in [-0.3, -0.25) is 14.5 Å². The van der Waals surface area contributed by atoms with Crippen molar-refractivity contribution < 1.29 is 18.0 Å². The average molecular weight is 479 g/mol. The van der Waals surface area contributed by atoms with Crippen LogP contribution in [-0.2, 0) is 14.8 Å². The Balaban J connectivity index is 1.33. The lowest BCUT2D eigenvalue weighted by molar-refractivity contribution is -0.117. The van der Waals surface area contributed by atoms with Crippen LogP contribution in [0.25, 0.3) is 0 Å². The van der Waals surface area contributed by atoms with Gasteiger partial charge in [-0.05, 0) is 36.4 Å². The summed E-state index contributed by atoms with van der Waals surface area (Å²) >= 11 is 0. The number of carbonyl (C=O) groups is 2. The molecule has 0 radical (unpaired) electrons. The number of hydrogen-bond acceptors (Lipinski definition) is 5. The maximum atomic E-state index is 12.8.